The molecule has 16 heavy (non-hydrogen) atoms. The van der Waals surface area contributed by atoms with Gasteiger partial charge in [-0.2, -0.15) is 0 Å². The number of nitrogens with one attached hydrogen (secondary N) is 1. The Balaban J connectivity index is 2.10. The molecule has 0 fully saturated rings. The second kappa shape index (κ2) is 5.78. The Morgan fingerprint density at radius 1 is 1.44 bits per heavy atom. The van der Waals surface area contributed by atoms with Gasteiger partial charge in [-0.1, -0.05) is 20.3 Å². The van der Waals surface area contributed by atoms with E-state index in [1.165, 1.54) is 49.2 Å². The first kappa shape index (κ1) is 12.1. The Kier molecular flexibility index (Phi) is 4.36. The molecule has 2 nitrogen and oxygen atoms in total. The maximum absolute atomic E-state index is 4.84. The number of unbranched alkanes of at least 4 members (excludes halogenated alkanes) is 1. The minimum Gasteiger partial charge on any atom is -0.309 e. The highest BCUT2D eigenvalue weighted by Crippen LogP contribution is 2.33. The Hall–Kier alpha value is -0.410. The lowest BCUT2D eigenvalue weighted by molar-refractivity contribution is 0.464. The van der Waals surface area contributed by atoms with Crippen LogP contribution in [0.1, 0.15) is 61.2 Å². The van der Waals surface area contributed by atoms with Crippen LogP contribution in [-0.2, 0) is 12.8 Å². The summed E-state index contributed by atoms with van der Waals surface area (Å²) >= 11 is 1.95. The lowest BCUT2D eigenvalue weighted by Gasteiger charge is -2.21. The molecular weight excluding hydrogens is 216 g/mol. The van der Waals surface area contributed by atoms with E-state index < -0.39 is 0 Å². The summed E-state index contributed by atoms with van der Waals surface area (Å²) in [6.07, 6.45) is 7.55. The van der Waals surface area contributed by atoms with Gasteiger partial charge in [0.25, 0.3) is 0 Å². The van der Waals surface area contributed by atoms with Gasteiger partial charge in [0.15, 0.2) is 0 Å². The van der Waals surface area contributed by atoms with Gasteiger partial charge in [-0.3, -0.25) is 0 Å². The first-order valence-corrected chi connectivity index (χ1v) is 7.38. The zero-order chi connectivity index (χ0) is 11.4. The number of hydrogen-bond acceptors (Lipinski definition) is 3. The molecule has 0 bridgehead atoms. The van der Waals surface area contributed by atoms with Crippen molar-refractivity contribution >= 4 is 11.3 Å². The second-order valence-electron chi connectivity index (χ2n) is 4.52. The van der Waals surface area contributed by atoms with Crippen molar-refractivity contribution in [1.82, 2.24) is 10.3 Å². The van der Waals surface area contributed by atoms with Crippen LogP contribution in [0.2, 0.25) is 0 Å². The number of hydrogen-bond donors (Lipinski definition) is 1. The highest BCUT2D eigenvalue weighted by atomic mass is 32.1. The lowest BCUT2D eigenvalue weighted by Crippen LogP contribution is -2.24. The largest absolute Gasteiger partial charge is 0.309 e. The normalized spacial score (nSPS) is 19.8. The smallest absolute Gasteiger partial charge is 0.0931 e. The van der Waals surface area contributed by atoms with Crippen molar-refractivity contribution < 1.29 is 0 Å². The van der Waals surface area contributed by atoms with Crippen molar-refractivity contribution in [2.45, 2.75) is 58.4 Å². The van der Waals surface area contributed by atoms with Crippen LogP contribution in [0.3, 0.4) is 0 Å². The highest BCUT2D eigenvalue weighted by Gasteiger charge is 2.23. The van der Waals surface area contributed by atoms with Crippen molar-refractivity contribution in [2.75, 3.05) is 6.54 Å². The summed E-state index contributed by atoms with van der Waals surface area (Å²) in [5.41, 5.74) is 1.37. The molecule has 3 heteroatoms. The van der Waals surface area contributed by atoms with Crippen LogP contribution in [0.5, 0.6) is 0 Å². The van der Waals surface area contributed by atoms with Crippen LogP contribution in [0.25, 0.3) is 0 Å². The number of fused-ring (bicyclic) bond motifs is 1. The fourth-order valence-corrected chi connectivity index (χ4v) is 3.56. The van der Waals surface area contributed by atoms with E-state index in [0.717, 1.165) is 6.54 Å². The molecule has 0 saturated carbocycles. The van der Waals surface area contributed by atoms with Gasteiger partial charge in [0.05, 0.1) is 16.7 Å². The van der Waals surface area contributed by atoms with Gasteiger partial charge >= 0.3 is 0 Å². The van der Waals surface area contributed by atoms with E-state index >= 15 is 0 Å². The monoisotopic (exact) mass is 238 g/mol. The fourth-order valence-electron chi connectivity index (χ4n) is 2.35. The Morgan fingerprint density at radius 3 is 3.06 bits per heavy atom. The molecular formula is C13H22N2S. The maximum Gasteiger partial charge on any atom is 0.0931 e. The van der Waals surface area contributed by atoms with Crippen LogP contribution in [0, 0.1) is 0 Å². The third kappa shape index (κ3) is 2.64. The molecule has 1 aromatic heterocycles. The van der Waals surface area contributed by atoms with Gasteiger partial charge in [-0.15, -0.1) is 11.3 Å². The molecule has 2 rings (SSSR count). The second-order valence-corrected chi connectivity index (χ2v) is 5.69. The zero-order valence-electron chi connectivity index (χ0n) is 10.4. The molecule has 1 N–H and O–H groups in total. The van der Waals surface area contributed by atoms with E-state index in [1.54, 1.807) is 4.88 Å². The molecule has 0 aliphatic heterocycles. The van der Waals surface area contributed by atoms with Gasteiger partial charge in [0.1, 0.15) is 0 Å². The summed E-state index contributed by atoms with van der Waals surface area (Å²) in [5, 5.41) is 4.91. The number of aromatic nitrogens is 1. The van der Waals surface area contributed by atoms with Crippen molar-refractivity contribution in [3.8, 4) is 0 Å². The molecule has 1 aliphatic rings. The first-order valence-electron chi connectivity index (χ1n) is 6.57. The number of aryl methyl sites for hydroxylation is 2. The quantitative estimate of drug-likeness (QED) is 0.849. The molecule has 0 spiro atoms. The van der Waals surface area contributed by atoms with Gasteiger partial charge in [0.2, 0.25) is 0 Å². The summed E-state index contributed by atoms with van der Waals surface area (Å²) in [5.74, 6) is 0. The SMILES string of the molecule is CCCCc1nc2c(s1)CCCC2NCC. The van der Waals surface area contributed by atoms with E-state index in [4.69, 9.17) is 4.98 Å². The average Bonchev–Trinajstić information content (AvgIpc) is 2.70. The van der Waals surface area contributed by atoms with Crippen molar-refractivity contribution in [3.63, 3.8) is 0 Å². The molecule has 1 aliphatic carbocycles. The van der Waals surface area contributed by atoms with Gasteiger partial charge in [-0.05, 0) is 38.6 Å². The third-order valence-electron chi connectivity index (χ3n) is 3.19. The Bertz CT molecular complexity index is 333. The van der Waals surface area contributed by atoms with Gasteiger partial charge < -0.3 is 5.32 Å². The third-order valence-corrected chi connectivity index (χ3v) is 4.38. The summed E-state index contributed by atoms with van der Waals surface area (Å²) in [6, 6.07) is 0.528. The van der Waals surface area contributed by atoms with Crippen molar-refractivity contribution in [1.29, 1.82) is 0 Å². The zero-order valence-corrected chi connectivity index (χ0v) is 11.2. The predicted octanol–water partition coefficient (Wildman–Crippen LogP) is 3.47. The Morgan fingerprint density at radius 2 is 2.31 bits per heavy atom. The fraction of sp³-hybridized carbons (Fsp3) is 0.769. The van der Waals surface area contributed by atoms with Crippen LogP contribution in [-0.4, -0.2) is 11.5 Å². The minimum absolute atomic E-state index is 0.528. The topological polar surface area (TPSA) is 24.9 Å². The highest BCUT2D eigenvalue weighted by molar-refractivity contribution is 7.11. The average molecular weight is 238 g/mol. The number of nitrogens with zero attached hydrogens (tertiary/aromatic N) is 1. The van der Waals surface area contributed by atoms with E-state index in [9.17, 15) is 0 Å². The predicted molar refractivity (Wildman–Crippen MR) is 70.1 cm³/mol. The standard InChI is InChI=1S/C13H22N2S/c1-3-5-9-12-15-13-10(14-4-2)7-6-8-11(13)16-12/h10,14H,3-9H2,1-2H3. The van der Waals surface area contributed by atoms with Crippen LogP contribution in [0.15, 0.2) is 0 Å². The number of thiazole rings is 1. The van der Waals surface area contributed by atoms with Crippen LogP contribution in [0.4, 0.5) is 0 Å². The van der Waals surface area contributed by atoms with Crippen LogP contribution >= 0.6 is 11.3 Å². The molecule has 1 atom stereocenters. The summed E-state index contributed by atoms with van der Waals surface area (Å²) in [7, 11) is 0. The summed E-state index contributed by atoms with van der Waals surface area (Å²) < 4.78 is 0. The molecule has 1 aromatic rings. The first-order chi connectivity index (χ1) is 7.85. The molecule has 0 aromatic carbocycles. The van der Waals surface area contributed by atoms with Gasteiger partial charge in [-0.25, -0.2) is 4.98 Å². The molecule has 0 amide bonds. The van der Waals surface area contributed by atoms with Crippen molar-refractivity contribution in [3.05, 3.63) is 15.6 Å². The Labute approximate surface area is 102 Å². The van der Waals surface area contributed by atoms with E-state index in [-0.39, 0.29) is 0 Å². The van der Waals surface area contributed by atoms with Crippen molar-refractivity contribution in [2.24, 2.45) is 0 Å². The molecule has 1 unspecified atom stereocenters. The maximum atomic E-state index is 4.84. The molecule has 90 valence electrons. The molecule has 0 radical (unpaired) electrons. The van der Waals surface area contributed by atoms with E-state index in [2.05, 4.69) is 19.2 Å². The summed E-state index contributed by atoms with van der Waals surface area (Å²) in [4.78, 5) is 6.39. The summed E-state index contributed by atoms with van der Waals surface area (Å²) in [6.45, 7) is 5.47. The lowest BCUT2D eigenvalue weighted by atomic mass is 9.98. The minimum atomic E-state index is 0.528. The van der Waals surface area contributed by atoms with Crippen LogP contribution < -0.4 is 5.32 Å². The molecule has 0 saturated heterocycles. The van der Waals surface area contributed by atoms with E-state index in [1.807, 2.05) is 11.3 Å². The van der Waals surface area contributed by atoms with Gasteiger partial charge in [0, 0.05) is 4.88 Å². The van der Waals surface area contributed by atoms with E-state index in [0.29, 0.717) is 6.04 Å². The molecule has 1 heterocycles. The number of rotatable bonds is 5.